The number of carbonyl (C=O) groups is 1. The number of imidazole rings is 1. The molecule has 3 heterocycles. The Labute approximate surface area is 176 Å². The van der Waals surface area contributed by atoms with Gasteiger partial charge in [-0.15, -0.1) is 0 Å². The lowest BCUT2D eigenvalue weighted by Crippen LogP contribution is -2.19. The maximum absolute atomic E-state index is 12.9. The Balaban J connectivity index is 1.53. The van der Waals surface area contributed by atoms with Crippen LogP contribution in [0.4, 0.5) is 11.5 Å². The van der Waals surface area contributed by atoms with Gasteiger partial charge >= 0.3 is 0 Å². The molecule has 0 aliphatic heterocycles. The smallest absolute Gasteiger partial charge is 0.244 e. The zero-order valence-electron chi connectivity index (χ0n) is 17.0. The van der Waals surface area contributed by atoms with E-state index < -0.39 is 0 Å². The molecule has 2 aromatic carbocycles. The van der Waals surface area contributed by atoms with Gasteiger partial charge in [-0.2, -0.15) is 0 Å². The second-order valence-electron chi connectivity index (χ2n) is 7.41. The minimum absolute atomic E-state index is 0.00740. The van der Waals surface area contributed by atoms with Gasteiger partial charge in [0, 0.05) is 5.39 Å². The summed E-state index contributed by atoms with van der Waals surface area (Å²) >= 11 is 0. The maximum atomic E-state index is 12.9. The van der Waals surface area contributed by atoms with Crippen molar-refractivity contribution in [3.8, 4) is 11.5 Å². The van der Waals surface area contributed by atoms with Crippen LogP contribution in [0, 0.1) is 13.8 Å². The Morgan fingerprint density at radius 2 is 1.90 bits per heavy atom. The van der Waals surface area contributed by atoms with Crippen LogP contribution in [0.1, 0.15) is 11.1 Å². The molecular formula is C22H19N7O2. The molecule has 5 aromatic rings. The first-order chi connectivity index (χ1) is 15.0. The fraction of sp³-hybridized carbons (Fsp3) is 0.136. The highest BCUT2D eigenvalue weighted by atomic mass is 16.6. The molecule has 1 amide bonds. The van der Waals surface area contributed by atoms with Crippen LogP contribution in [0.5, 0.6) is 0 Å². The van der Waals surface area contributed by atoms with Gasteiger partial charge in [-0.25, -0.2) is 9.61 Å². The minimum atomic E-state index is -0.231. The number of carbonyl (C=O) groups excluding carboxylic acids is 1. The monoisotopic (exact) mass is 413 g/mol. The predicted molar refractivity (Wildman–Crippen MR) is 117 cm³/mol. The molecule has 9 nitrogen and oxygen atoms in total. The van der Waals surface area contributed by atoms with Gasteiger partial charge in [0.1, 0.15) is 6.54 Å². The number of nitrogens with two attached hydrogens (primary N) is 1. The molecule has 0 aliphatic rings. The van der Waals surface area contributed by atoms with E-state index >= 15 is 0 Å². The lowest BCUT2D eigenvalue weighted by Gasteiger charge is -2.10. The van der Waals surface area contributed by atoms with Crippen LogP contribution in [-0.2, 0) is 11.3 Å². The van der Waals surface area contributed by atoms with Crippen LogP contribution in [0.3, 0.4) is 0 Å². The lowest BCUT2D eigenvalue weighted by molar-refractivity contribution is -0.116. The van der Waals surface area contributed by atoms with Crippen LogP contribution < -0.4 is 11.1 Å². The van der Waals surface area contributed by atoms with Crippen LogP contribution in [0.15, 0.2) is 53.3 Å². The molecule has 3 aromatic heterocycles. The third kappa shape index (κ3) is 3.35. The highest BCUT2D eigenvalue weighted by molar-refractivity contribution is 5.94. The van der Waals surface area contributed by atoms with Gasteiger partial charge < -0.3 is 15.6 Å². The summed E-state index contributed by atoms with van der Waals surface area (Å²) in [5, 5.41) is 11.4. The fourth-order valence-corrected chi connectivity index (χ4v) is 3.55. The summed E-state index contributed by atoms with van der Waals surface area (Å²) in [5.41, 5.74) is 11.4. The number of hydrogen-bond donors (Lipinski definition) is 2. The quantitative estimate of drug-likeness (QED) is 0.462. The van der Waals surface area contributed by atoms with Crippen molar-refractivity contribution in [2.45, 2.75) is 20.4 Å². The van der Waals surface area contributed by atoms with Crippen molar-refractivity contribution in [3.05, 3.63) is 59.8 Å². The number of nitrogens with one attached hydrogen (secondary N) is 1. The molecule has 0 spiro atoms. The SMILES string of the molecule is Cc1cc2nc(-c3nonc3N)n(CC(=O)Nc3cnc4ccccc4c3)c2cc1C. The molecule has 0 atom stereocenters. The molecule has 0 fully saturated rings. The van der Waals surface area contributed by atoms with Crippen molar-refractivity contribution in [1.29, 1.82) is 0 Å². The Hall–Kier alpha value is -4.27. The summed E-state index contributed by atoms with van der Waals surface area (Å²) in [5.74, 6) is 0.306. The Kier molecular flexibility index (Phi) is 4.36. The first-order valence-corrected chi connectivity index (χ1v) is 9.70. The van der Waals surface area contributed by atoms with Crippen molar-refractivity contribution in [3.63, 3.8) is 0 Å². The predicted octanol–water partition coefficient (Wildman–Crippen LogP) is 3.47. The van der Waals surface area contributed by atoms with Gasteiger partial charge in [0.25, 0.3) is 0 Å². The van der Waals surface area contributed by atoms with E-state index in [0.29, 0.717) is 17.2 Å². The molecule has 31 heavy (non-hydrogen) atoms. The third-order valence-electron chi connectivity index (χ3n) is 5.27. The van der Waals surface area contributed by atoms with Crippen molar-refractivity contribution >= 4 is 39.3 Å². The minimum Gasteiger partial charge on any atom is -0.379 e. The maximum Gasteiger partial charge on any atom is 0.244 e. The van der Waals surface area contributed by atoms with E-state index in [1.54, 1.807) is 10.8 Å². The number of nitrogens with zero attached hydrogens (tertiary/aromatic N) is 5. The van der Waals surface area contributed by atoms with E-state index in [9.17, 15) is 4.79 Å². The number of para-hydroxylation sites is 1. The van der Waals surface area contributed by atoms with Crippen molar-refractivity contribution < 1.29 is 9.42 Å². The number of pyridine rings is 1. The zero-order valence-corrected chi connectivity index (χ0v) is 17.0. The normalized spacial score (nSPS) is 11.3. The second-order valence-corrected chi connectivity index (χ2v) is 7.41. The first-order valence-electron chi connectivity index (χ1n) is 9.70. The molecule has 9 heteroatoms. The molecule has 5 rings (SSSR count). The van der Waals surface area contributed by atoms with E-state index in [1.807, 2.05) is 56.3 Å². The van der Waals surface area contributed by atoms with E-state index in [-0.39, 0.29) is 18.3 Å². The van der Waals surface area contributed by atoms with Gasteiger partial charge in [0.05, 0.1) is 28.4 Å². The number of aromatic nitrogens is 5. The highest BCUT2D eigenvalue weighted by Crippen LogP contribution is 2.28. The topological polar surface area (TPSA) is 125 Å². The summed E-state index contributed by atoms with van der Waals surface area (Å²) in [6.45, 7) is 4.03. The second kappa shape index (κ2) is 7.21. The Bertz CT molecular complexity index is 1450. The molecular weight excluding hydrogens is 394 g/mol. The summed E-state index contributed by atoms with van der Waals surface area (Å²) in [4.78, 5) is 22.0. The Morgan fingerprint density at radius 3 is 2.71 bits per heavy atom. The van der Waals surface area contributed by atoms with Gasteiger partial charge in [0.2, 0.25) is 5.91 Å². The number of fused-ring (bicyclic) bond motifs is 2. The van der Waals surface area contributed by atoms with E-state index in [0.717, 1.165) is 33.1 Å². The highest BCUT2D eigenvalue weighted by Gasteiger charge is 2.21. The van der Waals surface area contributed by atoms with Crippen molar-refractivity contribution in [1.82, 2.24) is 24.8 Å². The molecule has 0 bridgehead atoms. The van der Waals surface area contributed by atoms with Gasteiger partial charge in [0.15, 0.2) is 17.3 Å². The summed E-state index contributed by atoms with van der Waals surface area (Å²) in [6, 6.07) is 13.6. The standard InChI is InChI=1S/C22H19N7O2/c1-12-7-17-18(8-13(12)2)29(22(26-17)20-21(23)28-31-27-20)11-19(30)25-15-9-14-5-3-4-6-16(14)24-10-15/h3-10H,11H2,1-2H3,(H2,23,28)(H,25,30). The van der Waals surface area contributed by atoms with Crippen LogP contribution in [0.25, 0.3) is 33.5 Å². The van der Waals surface area contributed by atoms with E-state index in [1.165, 1.54) is 0 Å². The molecule has 154 valence electrons. The zero-order chi connectivity index (χ0) is 21.5. The number of hydrogen-bond acceptors (Lipinski definition) is 7. The average molecular weight is 413 g/mol. The molecule has 0 unspecified atom stereocenters. The van der Waals surface area contributed by atoms with Gasteiger partial charge in [-0.3, -0.25) is 9.78 Å². The summed E-state index contributed by atoms with van der Waals surface area (Å²) in [6.07, 6.45) is 1.64. The van der Waals surface area contributed by atoms with Crippen molar-refractivity contribution in [2.75, 3.05) is 11.1 Å². The molecule has 0 radical (unpaired) electrons. The number of rotatable bonds is 4. The fourth-order valence-electron chi connectivity index (χ4n) is 3.55. The third-order valence-corrected chi connectivity index (χ3v) is 5.27. The average Bonchev–Trinajstić information content (AvgIpc) is 3.31. The number of nitrogen functional groups attached to an aromatic ring is 1. The summed E-state index contributed by atoms with van der Waals surface area (Å²) < 4.78 is 6.52. The Morgan fingerprint density at radius 1 is 1.10 bits per heavy atom. The molecule has 0 saturated heterocycles. The van der Waals surface area contributed by atoms with E-state index in [2.05, 4.69) is 25.6 Å². The number of anilines is 2. The van der Waals surface area contributed by atoms with Crippen molar-refractivity contribution in [2.24, 2.45) is 0 Å². The first kappa shape index (κ1) is 18.7. The number of amides is 1. The number of aryl methyl sites for hydroxylation is 2. The molecule has 3 N–H and O–H groups in total. The van der Waals surface area contributed by atoms with Crippen LogP contribution >= 0.6 is 0 Å². The van der Waals surface area contributed by atoms with Gasteiger partial charge in [-0.05, 0) is 59.6 Å². The number of benzene rings is 2. The molecule has 0 saturated carbocycles. The largest absolute Gasteiger partial charge is 0.379 e. The van der Waals surface area contributed by atoms with E-state index in [4.69, 9.17) is 10.4 Å². The molecule has 0 aliphatic carbocycles. The van der Waals surface area contributed by atoms with Gasteiger partial charge in [-0.1, -0.05) is 18.2 Å². The lowest BCUT2D eigenvalue weighted by atomic mass is 10.1. The summed E-state index contributed by atoms with van der Waals surface area (Å²) in [7, 11) is 0. The van der Waals surface area contributed by atoms with Crippen LogP contribution in [-0.4, -0.2) is 30.8 Å². The van der Waals surface area contributed by atoms with Crippen LogP contribution in [0.2, 0.25) is 0 Å².